The number of Topliss-reactive ketones (excluding diaryl/α,β-unsaturated/α-hetero) is 1. The zero-order chi connectivity index (χ0) is 18.9. The topological polar surface area (TPSA) is 57.6 Å². The van der Waals surface area contributed by atoms with Crippen molar-refractivity contribution in [2.24, 2.45) is 28.6 Å². The number of allylic oxidation sites excluding steroid dienone is 1. The largest absolute Gasteiger partial charge is 0.393 e. The van der Waals surface area contributed by atoms with Gasteiger partial charge in [0.05, 0.1) is 6.10 Å². The van der Waals surface area contributed by atoms with E-state index >= 15 is 0 Å². The van der Waals surface area contributed by atoms with Crippen LogP contribution in [0.3, 0.4) is 0 Å². The summed E-state index contributed by atoms with van der Waals surface area (Å²) in [6.07, 6.45) is 7.94. The van der Waals surface area contributed by atoms with Gasteiger partial charge in [-0.25, -0.2) is 0 Å². The number of piperidine rings is 1. The van der Waals surface area contributed by atoms with Crippen LogP contribution in [0.15, 0.2) is 11.6 Å². The van der Waals surface area contributed by atoms with E-state index in [0.717, 1.165) is 44.1 Å². The molecule has 0 aromatic heterocycles. The number of rotatable bonds is 1. The van der Waals surface area contributed by atoms with Crippen molar-refractivity contribution < 1.29 is 14.7 Å². The highest BCUT2D eigenvalue weighted by Gasteiger charge is 2.62. The quantitative estimate of drug-likeness (QED) is 0.781. The van der Waals surface area contributed by atoms with Crippen LogP contribution in [0.25, 0.3) is 0 Å². The number of hydrogen-bond donors (Lipinski definition) is 1. The fourth-order valence-electron chi connectivity index (χ4n) is 7.38. The summed E-state index contributed by atoms with van der Waals surface area (Å²) < 4.78 is 0. The van der Waals surface area contributed by atoms with E-state index in [0.29, 0.717) is 24.3 Å². The molecule has 7 atom stereocenters. The number of amides is 1. The molecule has 0 aromatic rings. The molecule has 1 heterocycles. The zero-order valence-electron chi connectivity index (χ0n) is 16.6. The van der Waals surface area contributed by atoms with Gasteiger partial charge < -0.3 is 10.0 Å². The van der Waals surface area contributed by atoms with Crippen LogP contribution in [-0.4, -0.2) is 40.4 Å². The van der Waals surface area contributed by atoms with E-state index in [1.807, 2.05) is 0 Å². The summed E-state index contributed by atoms with van der Waals surface area (Å²) in [4.78, 5) is 27.1. The number of aliphatic hydroxyl groups excluding tert-OH is 1. The van der Waals surface area contributed by atoms with E-state index < -0.39 is 0 Å². The van der Waals surface area contributed by atoms with Crippen LogP contribution >= 0.6 is 0 Å². The van der Waals surface area contributed by atoms with Gasteiger partial charge in [0.25, 0.3) is 0 Å². The maximum atomic E-state index is 12.7. The van der Waals surface area contributed by atoms with Gasteiger partial charge in [-0.05, 0) is 74.2 Å². The van der Waals surface area contributed by atoms with Gasteiger partial charge in [0, 0.05) is 24.9 Å². The molecule has 2 saturated carbocycles. The molecule has 1 N–H and O–H groups in total. The summed E-state index contributed by atoms with van der Waals surface area (Å²) in [5.74, 6) is 1.73. The Morgan fingerprint density at radius 1 is 1.19 bits per heavy atom. The number of carbonyl (C=O) groups excluding carboxylic acids is 2. The Bertz CT molecular complexity index is 670. The van der Waals surface area contributed by atoms with Crippen LogP contribution in [0, 0.1) is 28.6 Å². The molecule has 3 aliphatic carbocycles. The van der Waals surface area contributed by atoms with Crippen LogP contribution in [0.2, 0.25) is 0 Å². The van der Waals surface area contributed by atoms with E-state index in [-0.39, 0.29) is 34.7 Å². The number of fused-ring (bicyclic) bond motifs is 5. The average molecular weight is 360 g/mol. The van der Waals surface area contributed by atoms with E-state index in [4.69, 9.17) is 0 Å². The lowest BCUT2D eigenvalue weighted by molar-refractivity contribution is -0.169. The molecule has 4 nitrogen and oxygen atoms in total. The fraction of sp³-hybridized carbons (Fsp3) is 0.818. The lowest BCUT2D eigenvalue weighted by Gasteiger charge is -2.64. The van der Waals surface area contributed by atoms with Gasteiger partial charge in [0.15, 0.2) is 5.78 Å². The van der Waals surface area contributed by atoms with Gasteiger partial charge in [-0.2, -0.15) is 0 Å². The van der Waals surface area contributed by atoms with Crippen LogP contribution in [0.4, 0.5) is 0 Å². The van der Waals surface area contributed by atoms with Crippen LogP contribution in [-0.2, 0) is 9.59 Å². The number of nitrogens with zero attached hydrogens (tertiary/aromatic N) is 1. The highest BCUT2D eigenvalue weighted by Crippen LogP contribution is 2.62. The number of ketones is 1. The number of likely N-dealkylation sites (tertiary alicyclic amines) is 1. The van der Waals surface area contributed by atoms with Gasteiger partial charge in [0.2, 0.25) is 5.91 Å². The van der Waals surface area contributed by atoms with Crippen molar-refractivity contribution in [2.75, 3.05) is 6.54 Å². The highest BCUT2D eigenvalue weighted by atomic mass is 16.3. The van der Waals surface area contributed by atoms with Crippen molar-refractivity contribution in [1.29, 1.82) is 0 Å². The van der Waals surface area contributed by atoms with Gasteiger partial charge in [-0.1, -0.05) is 19.9 Å². The zero-order valence-corrected chi connectivity index (χ0v) is 16.6. The monoisotopic (exact) mass is 359 g/mol. The average Bonchev–Trinajstić information content (AvgIpc) is 2.91. The van der Waals surface area contributed by atoms with Crippen LogP contribution in [0.5, 0.6) is 0 Å². The Balaban J connectivity index is 1.75. The Labute approximate surface area is 157 Å². The van der Waals surface area contributed by atoms with Gasteiger partial charge in [0.1, 0.15) is 0 Å². The lowest BCUT2D eigenvalue weighted by atomic mass is 9.49. The first-order valence-electron chi connectivity index (χ1n) is 10.4. The maximum Gasteiger partial charge on any atom is 0.219 e. The molecule has 26 heavy (non-hydrogen) atoms. The summed E-state index contributed by atoms with van der Waals surface area (Å²) in [5.41, 5.74) is 0.836. The molecular weight excluding hydrogens is 326 g/mol. The second kappa shape index (κ2) is 5.92. The second-order valence-corrected chi connectivity index (χ2v) is 9.90. The molecule has 3 fully saturated rings. The predicted octanol–water partition coefficient (Wildman–Crippen LogP) is 3.34. The van der Waals surface area contributed by atoms with Crippen molar-refractivity contribution in [3.8, 4) is 0 Å². The first-order chi connectivity index (χ1) is 12.2. The molecule has 4 heteroatoms. The first-order valence-corrected chi connectivity index (χ1v) is 10.4. The molecule has 0 bridgehead atoms. The van der Waals surface area contributed by atoms with E-state index in [9.17, 15) is 14.7 Å². The molecule has 1 aliphatic heterocycles. The molecule has 0 radical (unpaired) electrons. The smallest absolute Gasteiger partial charge is 0.219 e. The summed E-state index contributed by atoms with van der Waals surface area (Å²) >= 11 is 0. The normalized spacial score (nSPS) is 47.5. The third-order valence-corrected chi connectivity index (χ3v) is 8.58. The number of carbonyl (C=O) groups is 2. The minimum absolute atomic E-state index is 0.0914. The molecule has 4 rings (SSSR count). The first kappa shape index (κ1) is 18.2. The molecule has 0 aromatic carbocycles. The standard InChI is InChI=1S/C22H33NO3/c1-13(24)18-7-8-19-17-6-5-15-11-16(26)9-10-21(15,3)20(17)23(14(2)25)12-22(18,19)4/h7,15-17,19-20,26H,5-6,8-12H2,1-4H3/t15?,16-,17-,19-,20-,21-,22+/m0/s1. The Morgan fingerprint density at radius 3 is 2.58 bits per heavy atom. The summed E-state index contributed by atoms with van der Waals surface area (Å²) in [5, 5.41) is 10.2. The Hall–Kier alpha value is -1.16. The minimum Gasteiger partial charge on any atom is -0.393 e. The third-order valence-electron chi connectivity index (χ3n) is 8.58. The van der Waals surface area contributed by atoms with Gasteiger partial charge in [-0.3, -0.25) is 9.59 Å². The number of hydrogen-bond acceptors (Lipinski definition) is 3. The van der Waals surface area contributed by atoms with Crippen LogP contribution < -0.4 is 0 Å². The second-order valence-electron chi connectivity index (χ2n) is 9.90. The van der Waals surface area contributed by atoms with Crippen molar-refractivity contribution in [1.82, 2.24) is 4.90 Å². The highest BCUT2D eigenvalue weighted by molar-refractivity contribution is 5.95. The van der Waals surface area contributed by atoms with Crippen molar-refractivity contribution in [3.05, 3.63) is 11.6 Å². The van der Waals surface area contributed by atoms with Crippen molar-refractivity contribution >= 4 is 11.7 Å². The minimum atomic E-state index is -0.198. The third kappa shape index (κ3) is 2.37. The van der Waals surface area contributed by atoms with Gasteiger partial charge >= 0.3 is 0 Å². The number of aliphatic hydroxyl groups is 1. The molecular formula is C22H33NO3. The fourth-order valence-corrected chi connectivity index (χ4v) is 7.38. The Kier molecular flexibility index (Phi) is 4.15. The van der Waals surface area contributed by atoms with Crippen molar-refractivity contribution in [3.63, 3.8) is 0 Å². The molecule has 1 amide bonds. The molecule has 0 spiro atoms. The summed E-state index contributed by atoms with van der Waals surface area (Å²) in [6.45, 7) is 8.61. The van der Waals surface area contributed by atoms with E-state index in [1.165, 1.54) is 0 Å². The summed E-state index contributed by atoms with van der Waals surface area (Å²) in [7, 11) is 0. The molecule has 4 aliphatic rings. The van der Waals surface area contributed by atoms with Crippen LogP contribution in [0.1, 0.15) is 66.2 Å². The Morgan fingerprint density at radius 2 is 1.92 bits per heavy atom. The molecule has 144 valence electrons. The molecule has 1 saturated heterocycles. The van der Waals surface area contributed by atoms with Gasteiger partial charge in [-0.15, -0.1) is 0 Å². The predicted molar refractivity (Wildman–Crippen MR) is 100 cm³/mol. The van der Waals surface area contributed by atoms with E-state index in [2.05, 4.69) is 24.8 Å². The lowest BCUT2D eigenvalue weighted by Crippen LogP contribution is -2.67. The van der Waals surface area contributed by atoms with Crippen molar-refractivity contribution in [2.45, 2.75) is 78.4 Å². The molecule has 1 unspecified atom stereocenters. The maximum absolute atomic E-state index is 12.7. The van der Waals surface area contributed by atoms with E-state index in [1.54, 1.807) is 13.8 Å². The summed E-state index contributed by atoms with van der Waals surface area (Å²) in [6, 6.07) is 0.254. The SMILES string of the molecule is CC(=O)C1=CC[C@H]2[C@@H]3CCC4C[C@@H](O)CC[C@]4(C)[C@H]3N(C(C)=O)C[C@]12C.